The quantitative estimate of drug-likeness (QED) is 0.471. The summed E-state index contributed by atoms with van der Waals surface area (Å²) in [6.45, 7) is 2.47. The fourth-order valence-corrected chi connectivity index (χ4v) is 3.38. The Morgan fingerprint density at radius 3 is 2.58 bits per heavy atom. The van der Waals surface area contributed by atoms with E-state index in [2.05, 4.69) is 15.4 Å². The summed E-state index contributed by atoms with van der Waals surface area (Å²) in [5.41, 5.74) is 2.46. The van der Waals surface area contributed by atoms with Gasteiger partial charge >= 0.3 is 6.01 Å². The summed E-state index contributed by atoms with van der Waals surface area (Å²) in [7, 11) is 0. The van der Waals surface area contributed by atoms with Crippen LogP contribution in [0.4, 0.5) is 10.1 Å². The van der Waals surface area contributed by atoms with Crippen molar-refractivity contribution >= 4 is 11.6 Å². The average molecular weight is 446 g/mol. The molecule has 0 saturated carbocycles. The third-order valence-electron chi connectivity index (χ3n) is 4.97. The molecule has 9 heteroatoms. The first-order valence-corrected chi connectivity index (χ1v) is 10.3. The number of halogens is 1. The molecule has 0 unspecified atom stereocenters. The second-order valence-corrected chi connectivity index (χ2v) is 7.14. The second-order valence-electron chi connectivity index (χ2n) is 7.14. The zero-order valence-corrected chi connectivity index (χ0v) is 17.6. The lowest BCUT2D eigenvalue weighted by atomic mass is 10.2. The Morgan fingerprint density at radius 2 is 1.82 bits per heavy atom. The molecule has 1 aliphatic rings. The molecule has 5 rings (SSSR count). The van der Waals surface area contributed by atoms with Gasteiger partial charge in [0.1, 0.15) is 5.82 Å². The van der Waals surface area contributed by atoms with Crippen molar-refractivity contribution in [2.24, 2.45) is 0 Å². The molecule has 1 aromatic heterocycles. The van der Waals surface area contributed by atoms with Crippen LogP contribution in [-0.2, 0) is 0 Å². The van der Waals surface area contributed by atoms with Crippen LogP contribution in [0, 0.1) is 5.82 Å². The Labute approximate surface area is 188 Å². The Kier molecular flexibility index (Phi) is 5.35. The maximum Gasteiger partial charge on any atom is 0.336 e. The second kappa shape index (κ2) is 8.62. The molecule has 3 aromatic carbocycles. The van der Waals surface area contributed by atoms with Crippen LogP contribution in [0.15, 0.2) is 66.7 Å². The smallest absolute Gasteiger partial charge is 0.336 e. The highest BCUT2D eigenvalue weighted by Crippen LogP contribution is 2.36. The number of aromatic nitrogens is 3. The number of benzene rings is 3. The van der Waals surface area contributed by atoms with E-state index in [9.17, 15) is 9.18 Å². The van der Waals surface area contributed by atoms with E-state index in [0.29, 0.717) is 35.2 Å². The molecule has 166 valence electrons. The number of ether oxygens (including phenoxy) is 3. The average Bonchev–Trinajstić information content (AvgIpc) is 3.47. The highest BCUT2D eigenvalue weighted by molar-refractivity contribution is 6.04. The molecule has 0 aliphatic carbocycles. The van der Waals surface area contributed by atoms with Gasteiger partial charge in [-0.2, -0.15) is 4.98 Å². The molecular weight excluding hydrogens is 427 g/mol. The van der Waals surface area contributed by atoms with E-state index in [1.807, 2.05) is 25.1 Å². The van der Waals surface area contributed by atoms with E-state index in [4.69, 9.17) is 14.2 Å². The van der Waals surface area contributed by atoms with Crippen molar-refractivity contribution in [3.63, 3.8) is 0 Å². The molecule has 2 heterocycles. The molecule has 4 aromatic rings. The van der Waals surface area contributed by atoms with Crippen molar-refractivity contribution < 1.29 is 23.4 Å². The van der Waals surface area contributed by atoms with Crippen molar-refractivity contribution in [1.29, 1.82) is 0 Å². The number of rotatable bonds is 6. The van der Waals surface area contributed by atoms with Gasteiger partial charge in [-0.1, -0.05) is 0 Å². The summed E-state index contributed by atoms with van der Waals surface area (Å²) in [5, 5.41) is 7.27. The Morgan fingerprint density at radius 1 is 1.06 bits per heavy atom. The van der Waals surface area contributed by atoms with Gasteiger partial charge in [-0.25, -0.2) is 9.07 Å². The van der Waals surface area contributed by atoms with Gasteiger partial charge in [0.05, 0.1) is 12.3 Å². The van der Waals surface area contributed by atoms with Crippen LogP contribution < -0.4 is 19.5 Å². The van der Waals surface area contributed by atoms with Crippen LogP contribution in [0.2, 0.25) is 0 Å². The lowest BCUT2D eigenvalue weighted by Gasteiger charge is -2.09. The van der Waals surface area contributed by atoms with Crippen LogP contribution in [0.3, 0.4) is 0 Å². The maximum absolute atomic E-state index is 13.1. The third kappa shape index (κ3) is 4.20. The molecule has 0 radical (unpaired) electrons. The number of hydrogen-bond acceptors (Lipinski definition) is 6. The zero-order valence-electron chi connectivity index (χ0n) is 17.6. The first kappa shape index (κ1) is 20.5. The highest BCUT2D eigenvalue weighted by atomic mass is 19.1. The summed E-state index contributed by atoms with van der Waals surface area (Å²) >= 11 is 0. The molecule has 8 nitrogen and oxygen atoms in total. The summed E-state index contributed by atoms with van der Waals surface area (Å²) in [4.78, 5) is 16.9. The minimum Gasteiger partial charge on any atom is -0.463 e. The van der Waals surface area contributed by atoms with Crippen LogP contribution in [0.1, 0.15) is 17.3 Å². The van der Waals surface area contributed by atoms with Crippen LogP contribution >= 0.6 is 0 Å². The van der Waals surface area contributed by atoms with E-state index < -0.39 is 5.82 Å². The van der Waals surface area contributed by atoms with Gasteiger partial charge in [-0.15, -0.1) is 5.10 Å². The van der Waals surface area contributed by atoms with E-state index >= 15 is 0 Å². The summed E-state index contributed by atoms with van der Waals surface area (Å²) < 4.78 is 31.1. The fraction of sp³-hybridized carbons (Fsp3) is 0.125. The molecule has 1 aliphatic heterocycles. The molecule has 0 bridgehead atoms. The molecule has 0 fully saturated rings. The van der Waals surface area contributed by atoms with E-state index in [1.165, 1.54) is 24.3 Å². The number of nitrogens with zero attached hydrogens (tertiary/aromatic N) is 3. The minimum absolute atomic E-state index is 0.181. The van der Waals surface area contributed by atoms with Gasteiger partial charge in [0.2, 0.25) is 6.79 Å². The minimum atomic E-state index is -0.395. The van der Waals surface area contributed by atoms with Crippen LogP contribution in [-0.4, -0.2) is 34.1 Å². The first-order valence-electron chi connectivity index (χ1n) is 10.3. The van der Waals surface area contributed by atoms with Crippen molar-refractivity contribution in [2.75, 3.05) is 18.7 Å². The predicted molar refractivity (Wildman–Crippen MR) is 118 cm³/mol. The SMILES string of the molecule is CCOc1nc(-c2ccc3c(c2)OCO3)n(-c2ccc(NC(=O)c3ccc(F)cc3)cc2)n1. The van der Waals surface area contributed by atoms with E-state index in [0.717, 1.165) is 11.3 Å². The Balaban J connectivity index is 1.43. The molecule has 33 heavy (non-hydrogen) atoms. The molecule has 0 saturated heterocycles. The van der Waals surface area contributed by atoms with Gasteiger partial charge in [0.15, 0.2) is 17.3 Å². The van der Waals surface area contributed by atoms with E-state index in [-0.39, 0.29) is 18.7 Å². The fourth-order valence-electron chi connectivity index (χ4n) is 3.38. The molecule has 1 amide bonds. The van der Waals surface area contributed by atoms with Crippen molar-refractivity contribution in [3.8, 4) is 34.6 Å². The number of carbonyl (C=O) groups is 1. The van der Waals surface area contributed by atoms with Crippen LogP contribution in [0.25, 0.3) is 17.1 Å². The molecular formula is C24H19FN4O4. The Bertz CT molecular complexity index is 1300. The number of amides is 1. The number of fused-ring (bicyclic) bond motifs is 1. The van der Waals surface area contributed by atoms with Crippen molar-refractivity contribution in [2.45, 2.75) is 6.92 Å². The lowest BCUT2D eigenvalue weighted by Crippen LogP contribution is -2.11. The van der Waals surface area contributed by atoms with Gasteiger partial charge in [-0.05, 0) is 73.7 Å². The lowest BCUT2D eigenvalue weighted by molar-refractivity contribution is 0.102. The topological polar surface area (TPSA) is 87.5 Å². The van der Waals surface area contributed by atoms with Gasteiger partial charge in [0, 0.05) is 16.8 Å². The van der Waals surface area contributed by atoms with Crippen molar-refractivity contribution in [1.82, 2.24) is 14.8 Å². The monoisotopic (exact) mass is 446 g/mol. The summed E-state index contributed by atoms with van der Waals surface area (Å²) in [6, 6.07) is 18.3. The van der Waals surface area contributed by atoms with E-state index in [1.54, 1.807) is 28.9 Å². The van der Waals surface area contributed by atoms with Crippen molar-refractivity contribution in [3.05, 3.63) is 78.1 Å². The van der Waals surface area contributed by atoms with Gasteiger partial charge in [0.25, 0.3) is 5.91 Å². The standard InChI is InChI=1S/C24H19FN4O4/c1-2-31-24-27-22(16-5-12-20-21(13-16)33-14-32-20)29(28-24)19-10-8-18(9-11-19)26-23(30)15-3-6-17(25)7-4-15/h3-13H,2,14H2,1H3,(H,26,30). The molecule has 0 atom stereocenters. The van der Waals surface area contributed by atoms with Crippen LogP contribution in [0.5, 0.6) is 17.5 Å². The number of nitrogens with one attached hydrogen (secondary N) is 1. The molecule has 0 spiro atoms. The largest absolute Gasteiger partial charge is 0.463 e. The number of carbonyl (C=O) groups excluding carboxylic acids is 1. The summed E-state index contributed by atoms with van der Waals surface area (Å²) in [5.74, 6) is 1.16. The number of hydrogen-bond donors (Lipinski definition) is 1. The zero-order chi connectivity index (χ0) is 22.8. The Hall–Kier alpha value is -4.40. The van der Waals surface area contributed by atoms with Gasteiger partial charge < -0.3 is 19.5 Å². The van der Waals surface area contributed by atoms with Gasteiger partial charge in [-0.3, -0.25) is 4.79 Å². The predicted octanol–water partition coefficient (Wildman–Crippen LogP) is 4.45. The maximum atomic E-state index is 13.1. The summed E-state index contributed by atoms with van der Waals surface area (Å²) in [6.07, 6.45) is 0. The third-order valence-corrected chi connectivity index (χ3v) is 4.97. The number of anilines is 1. The molecule has 1 N–H and O–H groups in total. The highest BCUT2D eigenvalue weighted by Gasteiger charge is 2.19. The first-order chi connectivity index (χ1) is 16.1. The normalized spacial score (nSPS) is 11.9.